The summed E-state index contributed by atoms with van der Waals surface area (Å²) < 4.78 is 2.13. The molecule has 0 unspecified atom stereocenters. The minimum absolute atomic E-state index is 0.0838. The van der Waals surface area contributed by atoms with Gasteiger partial charge in [-0.05, 0) is 38.0 Å². The van der Waals surface area contributed by atoms with Gasteiger partial charge in [-0.2, -0.15) is 0 Å². The smallest absolute Gasteiger partial charge is 0.227 e. The highest BCUT2D eigenvalue weighted by molar-refractivity contribution is 5.82. The first kappa shape index (κ1) is 17.5. The van der Waals surface area contributed by atoms with Gasteiger partial charge in [-0.3, -0.25) is 9.59 Å². The number of fused-ring (bicyclic) bond motifs is 1. The van der Waals surface area contributed by atoms with Crippen LogP contribution in [0.25, 0.3) is 11.0 Å². The molecule has 1 aliphatic rings. The Morgan fingerprint density at radius 3 is 2.56 bits per heavy atom. The molecule has 0 atom stereocenters. The molecule has 6 heteroatoms. The molecule has 0 aliphatic carbocycles. The van der Waals surface area contributed by atoms with Gasteiger partial charge in [-0.25, -0.2) is 4.98 Å². The second-order valence-electron chi connectivity index (χ2n) is 6.99. The molecule has 2 amide bonds. The van der Waals surface area contributed by atoms with Crippen molar-refractivity contribution >= 4 is 22.8 Å². The molecule has 0 bridgehead atoms. The SMILES string of the molecule is CC(=O)N1CCCN(C(=O)Cc2ccc3c(c2)ncn3C(C)C)CC1. The lowest BCUT2D eigenvalue weighted by Gasteiger charge is -2.21. The fourth-order valence-electron chi connectivity index (χ4n) is 3.37. The molecule has 1 saturated heterocycles. The van der Waals surface area contributed by atoms with Gasteiger partial charge < -0.3 is 14.4 Å². The Hall–Kier alpha value is -2.37. The summed E-state index contributed by atoms with van der Waals surface area (Å²) in [6, 6.07) is 6.43. The molecular formula is C19H26N4O2. The highest BCUT2D eigenvalue weighted by Gasteiger charge is 2.20. The molecule has 0 saturated carbocycles. The fraction of sp³-hybridized carbons (Fsp3) is 0.526. The molecule has 0 radical (unpaired) electrons. The van der Waals surface area contributed by atoms with Gasteiger partial charge in [0, 0.05) is 39.1 Å². The lowest BCUT2D eigenvalue weighted by Crippen LogP contribution is -2.37. The van der Waals surface area contributed by atoms with Crippen molar-refractivity contribution in [3.05, 3.63) is 30.1 Å². The zero-order chi connectivity index (χ0) is 18.0. The van der Waals surface area contributed by atoms with Crippen molar-refractivity contribution in [3.63, 3.8) is 0 Å². The van der Waals surface area contributed by atoms with E-state index < -0.39 is 0 Å². The van der Waals surface area contributed by atoms with Crippen molar-refractivity contribution < 1.29 is 9.59 Å². The van der Waals surface area contributed by atoms with Crippen LogP contribution >= 0.6 is 0 Å². The molecular weight excluding hydrogens is 316 g/mol. The maximum Gasteiger partial charge on any atom is 0.227 e. The normalized spacial score (nSPS) is 15.7. The third kappa shape index (κ3) is 3.83. The van der Waals surface area contributed by atoms with E-state index in [1.807, 2.05) is 34.3 Å². The van der Waals surface area contributed by atoms with E-state index in [4.69, 9.17) is 0 Å². The average molecular weight is 342 g/mol. The molecule has 0 N–H and O–H groups in total. The average Bonchev–Trinajstić information content (AvgIpc) is 2.82. The lowest BCUT2D eigenvalue weighted by molar-refractivity contribution is -0.132. The molecule has 1 aromatic heterocycles. The summed E-state index contributed by atoms with van der Waals surface area (Å²) in [4.78, 5) is 32.3. The van der Waals surface area contributed by atoms with Crippen LogP contribution in [0.2, 0.25) is 0 Å². The van der Waals surface area contributed by atoms with Crippen LogP contribution < -0.4 is 0 Å². The summed E-state index contributed by atoms with van der Waals surface area (Å²) in [5.74, 6) is 0.202. The van der Waals surface area contributed by atoms with Crippen LogP contribution in [0.5, 0.6) is 0 Å². The van der Waals surface area contributed by atoms with Crippen LogP contribution in [0.3, 0.4) is 0 Å². The Morgan fingerprint density at radius 1 is 1.12 bits per heavy atom. The van der Waals surface area contributed by atoms with Gasteiger partial charge in [0.05, 0.1) is 23.8 Å². The Kier molecular flexibility index (Phi) is 5.06. The molecule has 1 aliphatic heterocycles. The van der Waals surface area contributed by atoms with E-state index in [0.29, 0.717) is 32.1 Å². The number of imidazole rings is 1. The third-order valence-electron chi connectivity index (χ3n) is 4.84. The standard InChI is InChI=1S/C19H26N4O2/c1-14(2)23-13-20-17-11-16(5-6-18(17)23)12-19(25)22-8-4-7-21(9-10-22)15(3)24/h5-6,11,13-14H,4,7-10,12H2,1-3H3. The molecule has 1 fully saturated rings. The van der Waals surface area contributed by atoms with E-state index in [1.165, 1.54) is 0 Å². The Bertz CT molecular complexity index is 781. The van der Waals surface area contributed by atoms with Gasteiger partial charge in [0.15, 0.2) is 0 Å². The van der Waals surface area contributed by atoms with Crippen molar-refractivity contribution in [3.8, 4) is 0 Å². The van der Waals surface area contributed by atoms with E-state index in [2.05, 4.69) is 23.4 Å². The molecule has 6 nitrogen and oxygen atoms in total. The monoisotopic (exact) mass is 342 g/mol. The van der Waals surface area contributed by atoms with Gasteiger partial charge in [-0.15, -0.1) is 0 Å². The van der Waals surface area contributed by atoms with Crippen molar-refractivity contribution in [2.24, 2.45) is 0 Å². The van der Waals surface area contributed by atoms with Gasteiger partial charge >= 0.3 is 0 Å². The van der Waals surface area contributed by atoms with Crippen molar-refractivity contribution in [1.82, 2.24) is 19.4 Å². The van der Waals surface area contributed by atoms with Crippen LogP contribution in [0.15, 0.2) is 24.5 Å². The second-order valence-corrected chi connectivity index (χ2v) is 6.99. The zero-order valence-electron chi connectivity index (χ0n) is 15.2. The Labute approximate surface area is 148 Å². The first-order valence-corrected chi connectivity index (χ1v) is 8.94. The lowest BCUT2D eigenvalue weighted by atomic mass is 10.1. The van der Waals surface area contributed by atoms with Gasteiger partial charge in [-0.1, -0.05) is 6.07 Å². The minimum Gasteiger partial charge on any atom is -0.341 e. The molecule has 25 heavy (non-hydrogen) atoms. The topological polar surface area (TPSA) is 58.4 Å². The number of hydrogen-bond acceptors (Lipinski definition) is 3. The number of rotatable bonds is 3. The number of carbonyl (C=O) groups is 2. The second kappa shape index (κ2) is 7.25. The van der Waals surface area contributed by atoms with E-state index in [9.17, 15) is 9.59 Å². The van der Waals surface area contributed by atoms with Crippen molar-refractivity contribution in [2.45, 2.75) is 39.7 Å². The quantitative estimate of drug-likeness (QED) is 0.859. The number of aromatic nitrogens is 2. The molecule has 2 aromatic rings. The highest BCUT2D eigenvalue weighted by Crippen LogP contribution is 2.19. The van der Waals surface area contributed by atoms with Gasteiger partial charge in [0.1, 0.15) is 0 Å². The summed E-state index contributed by atoms with van der Waals surface area (Å²) in [5.41, 5.74) is 3.01. The Balaban J connectivity index is 1.68. The minimum atomic E-state index is 0.0838. The predicted octanol–water partition coefficient (Wildman–Crippen LogP) is 2.24. The first-order chi connectivity index (χ1) is 12.0. The molecule has 2 heterocycles. The maximum atomic E-state index is 12.6. The van der Waals surface area contributed by atoms with Crippen LogP contribution in [-0.2, 0) is 16.0 Å². The highest BCUT2D eigenvalue weighted by atomic mass is 16.2. The van der Waals surface area contributed by atoms with E-state index in [1.54, 1.807) is 6.92 Å². The first-order valence-electron chi connectivity index (χ1n) is 8.94. The third-order valence-corrected chi connectivity index (χ3v) is 4.84. The van der Waals surface area contributed by atoms with Crippen molar-refractivity contribution in [1.29, 1.82) is 0 Å². The largest absolute Gasteiger partial charge is 0.341 e. The molecule has 134 valence electrons. The van der Waals surface area contributed by atoms with E-state index in [0.717, 1.165) is 29.6 Å². The van der Waals surface area contributed by atoms with Crippen molar-refractivity contribution in [2.75, 3.05) is 26.2 Å². The molecule has 3 rings (SSSR count). The maximum absolute atomic E-state index is 12.6. The molecule has 0 spiro atoms. The van der Waals surface area contributed by atoms with E-state index in [-0.39, 0.29) is 11.8 Å². The van der Waals surface area contributed by atoms with Gasteiger partial charge in [0.25, 0.3) is 0 Å². The van der Waals surface area contributed by atoms with Gasteiger partial charge in [0.2, 0.25) is 11.8 Å². The number of benzene rings is 1. The summed E-state index contributed by atoms with van der Waals surface area (Å²) in [6.45, 7) is 8.53. The number of hydrogen-bond donors (Lipinski definition) is 0. The Morgan fingerprint density at radius 2 is 1.84 bits per heavy atom. The van der Waals surface area contributed by atoms with Crippen LogP contribution in [0.4, 0.5) is 0 Å². The summed E-state index contributed by atoms with van der Waals surface area (Å²) in [7, 11) is 0. The van der Waals surface area contributed by atoms with Crippen LogP contribution in [0.1, 0.15) is 38.8 Å². The molecule has 1 aromatic carbocycles. The number of carbonyl (C=O) groups excluding carboxylic acids is 2. The van der Waals surface area contributed by atoms with Crippen LogP contribution in [0, 0.1) is 0 Å². The summed E-state index contributed by atoms with van der Waals surface area (Å²) in [6.07, 6.45) is 3.07. The fourth-order valence-corrected chi connectivity index (χ4v) is 3.37. The van der Waals surface area contributed by atoms with E-state index >= 15 is 0 Å². The van der Waals surface area contributed by atoms with Crippen LogP contribution in [-0.4, -0.2) is 57.3 Å². The number of nitrogens with zero attached hydrogens (tertiary/aromatic N) is 4. The zero-order valence-corrected chi connectivity index (χ0v) is 15.2. The predicted molar refractivity (Wildman–Crippen MR) is 97.3 cm³/mol. The number of amides is 2. The summed E-state index contributed by atoms with van der Waals surface area (Å²) in [5, 5.41) is 0. The summed E-state index contributed by atoms with van der Waals surface area (Å²) >= 11 is 0.